The molecule has 0 bridgehead atoms. The van der Waals surface area contributed by atoms with Crippen molar-refractivity contribution in [2.24, 2.45) is 0 Å². The average Bonchev–Trinajstić information content (AvgIpc) is 2.67. The highest BCUT2D eigenvalue weighted by atomic mass is 28.3. The van der Waals surface area contributed by atoms with Gasteiger partial charge in [0.25, 0.3) is 5.91 Å². The number of urea groups is 1. The van der Waals surface area contributed by atoms with Gasteiger partial charge in [-0.3, -0.25) is 9.36 Å². The van der Waals surface area contributed by atoms with Gasteiger partial charge in [0, 0.05) is 6.04 Å². The fourth-order valence-electron chi connectivity index (χ4n) is 3.40. The predicted octanol–water partition coefficient (Wildman–Crippen LogP) is 3.80. The van der Waals surface area contributed by atoms with Gasteiger partial charge in [-0.1, -0.05) is 56.9 Å². The average molecular weight is 318 g/mol. The Hall–Kier alpha value is -1.62. The fourth-order valence-corrected chi connectivity index (χ4v) is 4.88. The molecule has 0 spiro atoms. The summed E-state index contributed by atoms with van der Waals surface area (Å²) in [5, 5.41) is 0. The topological polar surface area (TPSA) is 40.6 Å². The lowest BCUT2D eigenvalue weighted by atomic mass is 9.85. The number of benzene rings is 1. The normalized spacial score (nSPS) is 22.9. The summed E-state index contributed by atoms with van der Waals surface area (Å²) in [4.78, 5) is 28.1. The number of carbonyl (C=O) groups excluding carboxylic acids is 2. The van der Waals surface area contributed by atoms with Gasteiger partial charge in [-0.15, -0.1) is 0 Å². The number of amides is 3. The van der Waals surface area contributed by atoms with Gasteiger partial charge in [0.1, 0.15) is 5.54 Å². The lowest BCUT2D eigenvalue weighted by Crippen LogP contribution is -2.51. The molecular weight excluding hydrogens is 292 g/mol. The van der Waals surface area contributed by atoms with Crippen LogP contribution >= 0.6 is 0 Å². The first-order valence-electron chi connectivity index (χ1n) is 7.91. The molecule has 1 atom stereocenters. The third kappa shape index (κ3) is 2.28. The van der Waals surface area contributed by atoms with E-state index >= 15 is 0 Å². The second-order valence-corrected chi connectivity index (χ2v) is 11.9. The largest absolute Gasteiger partial charge is 0.320 e. The van der Waals surface area contributed by atoms with Gasteiger partial charge >= 0.3 is 6.03 Å². The molecule has 1 aliphatic heterocycles. The summed E-state index contributed by atoms with van der Waals surface area (Å²) in [6, 6.07) is 9.54. The molecule has 3 amide bonds. The molecule has 1 fully saturated rings. The summed E-state index contributed by atoms with van der Waals surface area (Å²) in [5.74, 6) is -0.0564. The van der Waals surface area contributed by atoms with Crippen molar-refractivity contribution in [1.82, 2.24) is 9.47 Å². The molecule has 1 aromatic rings. The lowest BCUT2D eigenvalue weighted by molar-refractivity contribution is -0.132. The Balaban J connectivity index is 2.70. The van der Waals surface area contributed by atoms with Crippen molar-refractivity contribution < 1.29 is 9.59 Å². The molecule has 1 aliphatic rings. The van der Waals surface area contributed by atoms with Gasteiger partial charge in [-0.05, 0) is 25.8 Å². The molecule has 5 heteroatoms. The van der Waals surface area contributed by atoms with Crippen molar-refractivity contribution in [3.8, 4) is 0 Å². The van der Waals surface area contributed by atoms with Crippen LogP contribution in [0.2, 0.25) is 19.6 Å². The van der Waals surface area contributed by atoms with Crippen molar-refractivity contribution >= 4 is 20.2 Å². The van der Waals surface area contributed by atoms with E-state index in [4.69, 9.17) is 0 Å². The molecule has 22 heavy (non-hydrogen) atoms. The van der Waals surface area contributed by atoms with Crippen LogP contribution in [0.25, 0.3) is 0 Å². The first-order valence-corrected chi connectivity index (χ1v) is 11.4. The maximum atomic E-state index is 13.3. The van der Waals surface area contributed by atoms with Crippen LogP contribution in [0.3, 0.4) is 0 Å². The molecule has 0 aliphatic carbocycles. The number of hydrogen-bond acceptors (Lipinski definition) is 2. The quantitative estimate of drug-likeness (QED) is 0.626. The molecule has 0 saturated carbocycles. The number of imide groups is 1. The zero-order valence-electron chi connectivity index (χ0n) is 14.4. The molecule has 1 heterocycles. The zero-order valence-corrected chi connectivity index (χ0v) is 15.4. The van der Waals surface area contributed by atoms with Crippen molar-refractivity contribution in [1.29, 1.82) is 0 Å². The predicted molar refractivity (Wildman–Crippen MR) is 91.0 cm³/mol. The molecule has 0 N–H and O–H groups in total. The maximum absolute atomic E-state index is 13.3. The number of nitrogens with zero attached hydrogens (tertiary/aromatic N) is 2. The van der Waals surface area contributed by atoms with Crippen molar-refractivity contribution in [2.75, 3.05) is 0 Å². The van der Waals surface area contributed by atoms with E-state index in [0.29, 0.717) is 6.42 Å². The summed E-state index contributed by atoms with van der Waals surface area (Å²) in [5.41, 5.74) is 0.0394. The zero-order chi connectivity index (χ0) is 16.7. The van der Waals surface area contributed by atoms with E-state index in [9.17, 15) is 9.59 Å². The van der Waals surface area contributed by atoms with E-state index in [1.54, 1.807) is 9.47 Å². The van der Waals surface area contributed by atoms with Gasteiger partial charge < -0.3 is 4.90 Å². The van der Waals surface area contributed by atoms with Gasteiger partial charge in [0.05, 0.1) is 0 Å². The second kappa shape index (κ2) is 5.54. The Kier molecular flexibility index (Phi) is 4.21. The van der Waals surface area contributed by atoms with Gasteiger partial charge in [0.2, 0.25) is 0 Å². The van der Waals surface area contributed by atoms with Crippen molar-refractivity contribution in [3.63, 3.8) is 0 Å². The van der Waals surface area contributed by atoms with E-state index in [1.165, 1.54) is 0 Å². The van der Waals surface area contributed by atoms with Crippen LogP contribution in [0.4, 0.5) is 4.79 Å². The molecule has 0 radical (unpaired) electrons. The Labute approximate surface area is 134 Å². The maximum Gasteiger partial charge on any atom is 0.320 e. The number of rotatable bonds is 4. The highest BCUT2D eigenvalue weighted by Gasteiger charge is 2.60. The van der Waals surface area contributed by atoms with E-state index in [1.807, 2.05) is 70.7 Å². The minimum atomic E-state index is -2.08. The Morgan fingerprint density at radius 1 is 1.09 bits per heavy atom. The third-order valence-electron chi connectivity index (χ3n) is 4.32. The number of carbonyl (C=O) groups is 2. The van der Waals surface area contributed by atoms with Crippen LogP contribution < -0.4 is 0 Å². The van der Waals surface area contributed by atoms with Crippen LogP contribution in [0.15, 0.2) is 30.3 Å². The summed E-state index contributed by atoms with van der Waals surface area (Å²) in [6.07, 6.45) is 0.584. The molecule has 2 rings (SSSR count). The van der Waals surface area contributed by atoms with E-state index in [-0.39, 0.29) is 18.0 Å². The van der Waals surface area contributed by atoms with Crippen LogP contribution in [0.5, 0.6) is 0 Å². The molecule has 4 nitrogen and oxygen atoms in total. The number of hydrogen-bond donors (Lipinski definition) is 0. The lowest BCUT2D eigenvalue weighted by Gasteiger charge is -2.37. The molecule has 1 aromatic carbocycles. The first kappa shape index (κ1) is 16.7. The summed E-state index contributed by atoms with van der Waals surface area (Å²) >= 11 is 0. The Morgan fingerprint density at radius 3 is 2.05 bits per heavy atom. The SMILES string of the molecule is CCC1(c2ccccc2)C(=O)N([Si](C)(C)C)C(=O)N1C(C)C. The molecule has 1 unspecified atom stereocenters. The van der Waals surface area contributed by atoms with Crippen LogP contribution in [0.1, 0.15) is 32.8 Å². The van der Waals surface area contributed by atoms with Gasteiger partial charge in [-0.25, -0.2) is 4.79 Å². The molecule has 0 aromatic heterocycles. The van der Waals surface area contributed by atoms with Crippen LogP contribution in [-0.4, -0.2) is 35.7 Å². The molecule has 120 valence electrons. The monoisotopic (exact) mass is 318 g/mol. The van der Waals surface area contributed by atoms with Gasteiger partial charge in [-0.2, -0.15) is 0 Å². The van der Waals surface area contributed by atoms with Crippen LogP contribution in [-0.2, 0) is 10.3 Å². The van der Waals surface area contributed by atoms with E-state index in [2.05, 4.69) is 0 Å². The van der Waals surface area contributed by atoms with Gasteiger partial charge in [0.15, 0.2) is 8.24 Å². The summed E-state index contributed by atoms with van der Waals surface area (Å²) in [7, 11) is -2.08. The standard InChI is InChI=1S/C17H26N2O2Si/c1-7-17(14-11-9-8-10-12-14)15(20)19(22(4,5)6)16(21)18(17)13(2)3/h8-13H,7H2,1-6H3. The third-order valence-corrected chi connectivity index (χ3v) is 6.05. The first-order chi connectivity index (χ1) is 10.2. The summed E-state index contributed by atoms with van der Waals surface area (Å²) in [6.45, 7) is 12.1. The van der Waals surface area contributed by atoms with Crippen molar-refractivity contribution in [3.05, 3.63) is 35.9 Å². The molecular formula is C17H26N2O2Si. The second-order valence-electron chi connectivity index (χ2n) is 7.14. The minimum absolute atomic E-state index is 0.0297. The van der Waals surface area contributed by atoms with Crippen molar-refractivity contribution in [2.45, 2.75) is 58.4 Å². The van der Waals surface area contributed by atoms with Crippen LogP contribution in [0, 0.1) is 0 Å². The highest BCUT2D eigenvalue weighted by Crippen LogP contribution is 2.43. The van der Waals surface area contributed by atoms with E-state index in [0.717, 1.165) is 5.56 Å². The fraction of sp³-hybridized carbons (Fsp3) is 0.529. The summed E-state index contributed by atoms with van der Waals surface area (Å²) < 4.78 is 1.56. The highest BCUT2D eigenvalue weighted by molar-refractivity contribution is 6.78. The van der Waals surface area contributed by atoms with E-state index < -0.39 is 13.8 Å². The Morgan fingerprint density at radius 2 is 1.64 bits per heavy atom. The molecule has 1 saturated heterocycles. The Bertz CT molecular complexity index is 580. The minimum Gasteiger partial charge on any atom is -0.304 e. The smallest absolute Gasteiger partial charge is 0.304 e.